The zero-order valence-corrected chi connectivity index (χ0v) is 13.5. The van der Waals surface area contributed by atoms with Gasteiger partial charge in [-0.25, -0.2) is 0 Å². The Bertz CT molecular complexity index is 203. The smallest absolute Gasteiger partial charge is 0.188 e. The first-order chi connectivity index (χ1) is 8.61. The molecule has 0 aromatic carbocycles. The van der Waals surface area contributed by atoms with Gasteiger partial charge in [-0.2, -0.15) is 0 Å². The van der Waals surface area contributed by atoms with Gasteiger partial charge in [0.15, 0.2) is 5.12 Å². The van der Waals surface area contributed by atoms with Crippen molar-refractivity contribution >= 4 is 17.7 Å². The normalized spacial score (nSPS) is 14.4. The molecular formula is C16H32OS. The van der Waals surface area contributed by atoms with E-state index in [1.807, 2.05) is 6.92 Å². The Morgan fingerprint density at radius 1 is 0.889 bits per heavy atom. The molecule has 2 heteroatoms. The third-order valence-electron chi connectivity index (χ3n) is 3.83. The largest absolute Gasteiger partial charge is 0.287 e. The summed E-state index contributed by atoms with van der Waals surface area (Å²) in [7, 11) is 0. The molecule has 0 radical (unpaired) electrons. The molecule has 0 bridgehead atoms. The van der Waals surface area contributed by atoms with Gasteiger partial charge in [0.25, 0.3) is 0 Å². The molecule has 108 valence electrons. The fraction of sp³-hybridized carbons (Fsp3) is 0.938. The highest BCUT2D eigenvalue weighted by atomic mass is 32.1. The average molecular weight is 272 g/mol. The molecule has 0 saturated carbocycles. The lowest BCUT2D eigenvalue weighted by molar-refractivity contribution is -0.113. The Balaban J connectivity index is 3.56. The van der Waals surface area contributed by atoms with Crippen molar-refractivity contribution in [1.82, 2.24) is 0 Å². The molecular weight excluding hydrogens is 240 g/mol. The van der Waals surface area contributed by atoms with Crippen LogP contribution in [0.1, 0.15) is 85.0 Å². The molecule has 0 aromatic heterocycles. The van der Waals surface area contributed by atoms with Crippen LogP contribution in [-0.4, -0.2) is 5.12 Å². The summed E-state index contributed by atoms with van der Waals surface area (Å²) >= 11 is 3.88. The molecule has 0 spiro atoms. The highest BCUT2D eigenvalue weighted by Crippen LogP contribution is 2.22. The van der Waals surface area contributed by atoms with E-state index in [4.69, 9.17) is 0 Å². The number of rotatable bonds is 12. The van der Waals surface area contributed by atoms with Gasteiger partial charge in [0.05, 0.1) is 0 Å². The van der Waals surface area contributed by atoms with Crippen LogP contribution in [0, 0.1) is 11.8 Å². The maximum atomic E-state index is 11.0. The minimum atomic E-state index is 0.0433. The van der Waals surface area contributed by atoms with Gasteiger partial charge in [-0.15, -0.1) is 12.6 Å². The summed E-state index contributed by atoms with van der Waals surface area (Å²) in [6.45, 7) is 6.55. The number of unbranched alkanes of at least 4 members (excludes halogenated alkanes) is 3. The van der Waals surface area contributed by atoms with Gasteiger partial charge < -0.3 is 0 Å². The van der Waals surface area contributed by atoms with E-state index >= 15 is 0 Å². The molecule has 0 saturated heterocycles. The summed E-state index contributed by atoms with van der Waals surface area (Å²) in [4.78, 5) is 11.0. The quantitative estimate of drug-likeness (QED) is 0.359. The van der Waals surface area contributed by atoms with Crippen LogP contribution in [0.25, 0.3) is 0 Å². The van der Waals surface area contributed by atoms with Crippen molar-refractivity contribution in [2.24, 2.45) is 11.8 Å². The van der Waals surface area contributed by atoms with Crippen molar-refractivity contribution in [3.63, 3.8) is 0 Å². The zero-order chi connectivity index (χ0) is 13.8. The highest BCUT2D eigenvalue weighted by Gasteiger charge is 2.09. The molecule has 2 unspecified atom stereocenters. The van der Waals surface area contributed by atoms with Gasteiger partial charge in [-0.1, -0.05) is 78.6 Å². The van der Waals surface area contributed by atoms with E-state index in [0.717, 1.165) is 12.3 Å². The predicted octanol–water partition coefficient (Wildman–Crippen LogP) is 5.64. The molecule has 0 amide bonds. The van der Waals surface area contributed by atoms with E-state index < -0.39 is 0 Å². The SMILES string of the molecule is CCCCC(CCC)CCCCCC(C)C(=O)S. The Labute approximate surface area is 120 Å². The molecule has 0 fully saturated rings. The summed E-state index contributed by atoms with van der Waals surface area (Å²) in [5.41, 5.74) is 0. The number of hydrogen-bond acceptors (Lipinski definition) is 1. The molecule has 0 aliphatic heterocycles. The molecule has 0 heterocycles. The number of carbonyl (C=O) groups excluding carboxylic acids is 1. The fourth-order valence-corrected chi connectivity index (χ4v) is 2.65. The van der Waals surface area contributed by atoms with Crippen LogP contribution in [0.2, 0.25) is 0 Å². The topological polar surface area (TPSA) is 17.1 Å². The number of carbonyl (C=O) groups is 1. The fourth-order valence-electron chi connectivity index (χ4n) is 2.52. The van der Waals surface area contributed by atoms with E-state index in [-0.39, 0.29) is 11.0 Å². The molecule has 0 aromatic rings. The van der Waals surface area contributed by atoms with Gasteiger partial charge in [0.2, 0.25) is 0 Å². The summed E-state index contributed by atoms with van der Waals surface area (Å²) in [6, 6.07) is 0. The van der Waals surface area contributed by atoms with Crippen molar-refractivity contribution < 1.29 is 4.79 Å². The van der Waals surface area contributed by atoms with Crippen LogP contribution in [0.5, 0.6) is 0 Å². The lowest BCUT2D eigenvalue weighted by Crippen LogP contribution is -2.04. The van der Waals surface area contributed by atoms with E-state index in [0.29, 0.717) is 0 Å². The first kappa shape index (κ1) is 18.0. The second-order valence-electron chi connectivity index (χ2n) is 5.67. The predicted molar refractivity (Wildman–Crippen MR) is 84.2 cm³/mol. The minimum Gasteiger partial charge on any atom is -0.287 e. The van der Waals surface area contributed by atoms with Crippen molar-refractivity contribution in [3.8, 4) is 0 Å². The van der Waals surface area contributed by atoms with E-state index in [1.165, 1.54) is 57.8 Å². The maximum absolute atomic E-state index is 11.0. The number of thiol groups is 1. The lowest BCUT2D eigenvalue weighted by Gasteiger charge is -2.15. The van der Waals surface area contributed by atoms with Crippen LogP contribution >= 0.6 is 12.6 Å². The Morgan fingerprint density at radius 2 is 1.50 bits per heavy atom. The molecule has 0 aliphatic rings. The first-order valence-electron chi connectivity index (χ1n) is 7.84. The summed E-state index contributed by atoms with van der Waals surface area (Å²) < 4.78 is 0. The molecule has 2 atom stereocenters. The van der Waals surface area contributed by atoms with Gasteiger partial charge >= 0.3 is 0 Å². The third-order valence-corrected chi connectivity index (χ3v) is 4.27. The molecule has 0 aliphatic carbocycles. The molecule has 18 heavy (non-hydrogen) atoms. The van der Waals surface area contributed by atoms with E-state index in [1.54, 1.807) is 0 Å². The van der Waals surface area contributed by atoms with Gasteiger partial charge in [0.1, 0.15) is 0 Å². The first-order valence-corrected chi connectivity index (χ1v) is 8.29. The Hall–Kier alpha value is 0.0200. The van der Waals surface area contributed by atoms with Gasteiger partial charge in [0, 0.05) is 5.92 Å². The van der Waals surface area contributed by atoms with Crippen LogP contribution < -0.4 is 0 Å². The maximum Gasteiger partial charge on any atom is 0.188 e. The van der Waals surface area contributed by atoms with E-state index in [9.17, 15) is 4.79 Å². The average Bonchev–Trinajstić information content (AvgIpc) is 2.34. The standard InChI is InChI=1S/C16H32OS/c1-4-6-12-15(10-5-2)13-9-7-8-11-14(3)16(17)18/h14-15H,4-13H2,1-3H3,(H,17,18). The monoisotopic (exact) mass is 272 g/mol. The van der Waals surface area contributed by atoms with Crippen LogP contribution in [0.3, 0.4) is 0 Å². The van der Waals surface area contributed by atoms with Crippen LogP contribution in [0.15, 0.2) is 0 Å². The molecule has 0 rings (SSSR count). The number of hydrogen-bond donors (Lipinski definition) is 1. The minimum absolute atomic E-state index is 0.0433. The Kier molecular flexibility index (Phi) is 12.1. The second-order valence-corrected chi connectivity index (χ2v) is 6.11. The second kappa shape index (κ2) is 12.1. The highest BCUT2D eigenvalue weighted by molar-refractivity contribution is 7.96. The summed E-state index contributed by atoms with van der Waals surface area (Å²) in [5.74, 6) is 1.08. The van der Waals surface area contributed by atoms with Crippen molar-refractivity contribution in [3.05, 3.63) is 0 Å². The molecule has 0 N–H and O–H groups in total. The molecule has 1 nitrogen and oxygen atoms in total. The van der Waals surface area contributed by atoms with Crippen molar-refractivity contribution in [2.75, 3.05) is 0 Å². The van der Waals surface area contributed by atoms with E-state index in [2.05, 4.69) is 26.5 Å². The van der Waals surface area contributed by atoms with Gasteiger partial charge in [-0.05, 0) is 12.3 Å². The van der Waals surface area contributed by atoms with Crippen LogP contribution in [0.4, 0.5) is 0 Å². The van der Waals surface area contributed by atoms with Crippen molar-refractivity contribution in [1.29, 1.82) is 0 Å². The lowest BCUT2D eigenvalue weighted by atomic mass is 9.91. The Morgan fingerprint density at radius 3 is 2.06 bits per heavy atom. The third kappa shape index (κ3) is 9.99. The van der Waals surface area contributed by atoms with Crippen molar-refractivity contribution in [2.45, 2.75) is 85.0 Å². The van der Waals surface area contributed by atoms with Crippen LogP contribution in [-0.2, 0) is 4.79 Å². The summed E-state index contributed by atoms with van der Waals surface area (Å²) in [6.07, 6.45) is 13.0. The van der Waals surface area contributed by atoms with Gasteiger partial charge in [-0.3, -0.25) is 4.79 Å². The zero-order valence-electron chi connectivity index (χ0n) is 12.6. The summed E-state index contributed by atoms with van der Waals surface area (Å²) in [5, 5.41) is 0.0433.